The van der Waals surface area contributed by atoms with E-state index in [0.29, 0.717) is 12.1 Å². The number of aryl methyl sites for hydroxylation is 1. The first-order chi connectivity index (χ1) is 9.97. The third kappa shape index (κ3) is 5.41. The van der Waals surface area contributed by atoms with Gasteiger partial charge in [-0.1, -0.05) is 6.92 Å². The fourth-order valence-corrected chi connectivity index (χ4v) is 1.78. The van der Waals surface area contributed by atoms with Gasteiger partial charge in [-0.2, -0.15) is 0 Å². The first kappa shape index (κ1) is 16.9. The van der Waals surface area contributed by atoms with Crippen LogP contribution in [0.15, 0.2) is 12.3 Å². The molecule has 6 nitrogen and oxygen atoms in total. The van der Waals surface area contributed by atoms with E-state index >= 15 is 0 Å². The SMILES string of the molecule is CCC(C)NC(=O)CCNC(=O)c1cnc(C)cc1NC. The molecule has 1 atom stereocenters. The Morgan fingerprint density at radius 2 is 2.10 bits per heavy atom. The fourth-order valence-electron chi connectivity index (χ4n) is 1.78. The molecule has 0 fully saturated rings. The summed E-state index contributed by atoms with van der Waals surface area (Å²) >= 11 is 0. The van der Waals surface area contributed by atoms with Crippen LogP contribution in [0.1, 0.15) is 42.7 Å². The third-order valence-electron chi connectivity index (χ3n) is 3.21. The van der Waals surface area contributed by atoms with Crippen molar-refractivity contribution < 1.29 is 9.59 Å². The lowest BCUT2D eigenvalue weighted by molar-refractivity contribution is -0.121. The van der Waals surface area contributed by atoms with Crippen LogP contribution in [0.25, 0.3) is 0 Å². The minimum atomic E-state index is -0.233. The number of hydrogen-bond donors (Lipinski definition) is 3. The van der Waals surface area contributed by atoms with Crippen molar-refractivity contribution in [3.8, 4) is 0 Å². The van der Waals surface area contributed by atoms with Gasteiger partial charge in [-0.05, 0) is 26.3 Å². The first-order valence-electron chi connectivity index (χ1n) is 7.19. The average Bonchev–Trinajstić information content (AvgIpc) is 2.46. The second-order valence-electron chi connectivity index (χ2n) is 5.00. The number of nitrogens with zero attached hydrogens (tertiary/aromatic N) is 1. The van der Waals surface area contributed by atoms with Crippen molar-refractivity contribution in [2.24, 2.45) is 0 Å². The summed E-state index contributed by atoms with van der Waals surface area (Å²) in [7, 11) is 1.76. The standard InChI is InChI=1S/C15H24N4O2/c1-5-10(2)19-14(20)6-7-17-15(21)12-9-18-11(3)8-13(12)16-4/h8-10H,5-7H2,1-4H3,(H,16,18)(H,17,21)(H,19,20). The monoisotopic (exact) mass is 292 g/mol. The smallest absolute Gasteiger partial charge is 0.254 e. The Morgan fingerprint density at radius 3 is 2.71 bits per heavy atom. The van der Waals surface area contributed by atoms with Gasteiger partial charge in [-0.25, -0.2) is 0 Å². The highest BCUT2D eigenvalue weighted by atomic mass is 16.2. The van der Waals surface area contributed by atoms with E-state index in [1.165, 1.54) is 6.20 Å². The van der Waals surface area contributed by atoms with Crippen molar-refractivity contribution in [1.82, 2.24) is 15.6 Å². The predicted octanol–water partition coefficient (Wildman–Crippen LogP) is 1.47. The Hall–Kier alpha value is -2.11. The van der Waals surface area contributed by atoms with E-state index in [0.717, 1.165) is 17.8 Å². The molecular formula is C15H24N4O2. The number of nitrogens with one attached hydrogen (secondary N) is 3. The summed E-state index contributed by atoms with van der Waals surface area (Å²) in [6.45, 7) is 6.13. The Bertz CT molecular complexity index is 502. The highest BCUT2D eigenvalue weighted by molar-refractivity contribution is 5.99. The van der Waals surface area contributed by atoms with Gasteiger partial charge in [0.05, 0.1) is 11.3 Å². The molecule has 6 heteroatoms. The van der Waals surface area contributed by atoms with Crippen LogP contribution in [-0.2, 0) is 4.79 Å². The summed E-state index contributed by atoms with van der Waals surface area (Å²) in [5, 5.41) is 8.56. The summed E-state index contributed by atoms with van der Waals surface area (Å²) in [5.41, 5.74) is 2.04. The molecule has 0 aliphatic heterocycles. The van der Waals surface area contributed by atoms with Crippen molar-refractivity contribution in [3.05, 3.63) is 23.5 Å². The number of pyridine rings is 1. The Kier molecular flexibility index (Phi) is 6.65. The summed E-state index contributed by atoms with van der Waals surface area (Å²) in [6.07, 6.45) is 2.69. The molecule has 1 rings (SSSR count). The molecule has 1 heterocycles. The van der Waals surface area contributed by atoms with Crippen molar-refractivity contribution in [1.29, 1.82) is 0 Å². The van der Waals surface area contributed by atoms with Crippen LogP contribution in [0.5, 0.6) is 0 Å². The lowest BCUT2D eigenvalue weighted by atomic mass is 10.2. The molecule has 0 saturated heterocycles. The molecule has 0 aliphatic carbocycles. The number of carbonyl (C=O) groups excluding carboxylic acids is 2. The van der Waals surface area contributed by atoms with E-state index in [-0.39, 0.29) is 24.3 Å². The molecule has 3 N–H and O–H groups in total. The second kappa shape index (κ2) is 8.24. The zero-order valence-corrected chi connectivity index (χ0v) is 13.1. The molecule has 2 amide bonds. The highest BCUT2D eigenvalue weighted by Crippen LogP contribution is 2.14. The summed E-state index contributed by atoms with van der Waals surface area (Å²) in [4.78, 5) is 27.8. The van der Waals surface area contributed by atoms with E-state index in [1.54, 1.807) is 7.05 Å². The summed E-state index contributed by atoms with van der Waals surface area (Å²) in [5.74, 6) is -0.288. The van der Waals surface area contributed by atoms with Gasteiger partial charge in [0.2, 0.25) is 5.91 Å². The third-order valence-corrected chi connectivity index (χ3v) is 3.21. The zero-order chi connectivity index (χ0) is 15.8. The van der Waals surface area contributed by atoms with Crippen molar-refractivity contribution in [2.45, 2.75) is 39.7 Å². The van der Waals surface area contributed by atoms with Gasteiger partial charge in [0.1, 0.15) is 0 Å². The van der Waals surface area contributed by atoms with E-state index in [2.05, 4.69) is 20.9 Å². The van der Waals surface area contributed by atoms with Gasteiger partial charge in [-0.15, -0.1) is 0 Å². The van der Waals surface area contributed by atoms with Crippen LogP contribution < -0.4 is 16.0 Å². The van der Waals surface area contributed by atoms with E-state index in [9.17, 15) is 9.59 Å². The minimum Gasteiger partial charge on any atom is -0.387 e. The first-order valence-corrected chi connectivity index (χ1v) is 7.19. The van der Waals surface area contributed by atoms with Gasteiger partial charge in [-0.3, -0.25) is 14.6 Å². The molecule has 0 bridgehead atoms. The molecule has 0 radical (unpaired) electrons. The fraction of sp³-hybridized carbons (Fsp3) is 0.533. The van der Waals surface area contributed by atoms with Gasteiger partial charge in [0, 0.05) is 37.9 Å². The lowest BCUT2D eigenvalue weighted by Gasteiger charge is -2.12. The molecule has 0 aromatic carbocycles. The normalized spacial score (nSPS) is 11.6. The molecular weight excluding hydrogens is 268 g/mol. The van der Waals surface area contributed by atoms with E-state index in [1.807, 2.05) is 26.8 Å². The van der Waals surface area contributed by atoms with Crippen LogP contribution in [-0.4, -0.2) is 36.4 Å². The molecule has 1 unspecified atom stereocenters. The largest absolute Gasteiger partial charge is 0.387 e. The molecule has 21 heavy (non-hydrogen) atoms. The van der Waals surface area contributed by atoms with Gasteiger partial charge in [0.15, 0.2) is 0 Å². The maximum absolute atomic E-state index is 12.1. The number of amides is 2. The number of rotatable bonds is 7. The molecule has 0 spiro atoms. The van der Waals surface area contributed by atoms with Crippen molar-refractivity contribution in [3.63, 3.8) is 0 Å². The molecule has 116 valence electrons. The maximum Gasteiger partial charge on any atom is 0.254 e. The van der Waals surface area contributed by atoms with Crippen molar-refractivity contribution >= 4 is 17.5 Å². The van der Waals surface area contributed by atoms with Crippen molar-refractivity contribution in [2.75, 3.05) is 18.9 Å². The molecule has 1 aromatic heterocycles. The summed E-state index contributed by atoms with van der Waals surface area (Å²) in [6, 6.07) is 1.97. The van der Waals surface area contributed by atoms with E-state index < -0.39 is 0 Å². The maximum atomic E-state index is 12.1. The topological polar surface area (TPSA) is 83.1 Å². The van der Waals surface area contributed by atoms with Gasteiger partial charge in [0.25, 0.3) is 5.91 Å². The minimum absolute atomic E-state index is 0.0551. The quantitative estimate of drug-likeness (QED) is 0.710. The Morgan fingerprint density at radius 1 is 1.38 bits per heavy atom. The number of aromatic nitrogens is 1. The average molecular weight is 292 g/mol. The molecule has 1 aromatic rings. The Balaban J connectivity index is 2.49. The Labute approximate surface area is 125 Å². The van der Waals surface area contributed by atoms with Crippen LogP contribution in [0, 0.1) is 6.92 Å². The number of hydrogen-bond acceptors (Lipinski definition) is 4. The van der Waals surface area contributed by atoms with Crippen LogP contribution >= 0.6 is 0 Å². The second-order valence-corrected chi connectivity index (χ2v) is 5.00. The number of anilines is 1. The predicted molar refractivity (Wildman–Crippen MR) is 83.4 cm³/mol. The highest BCUT2D eigenvalue weighted by Gasteiger charge is 2.12. The van der Waals surface area contributed by atoms with Gasteiger partial charge < -0.3 is 16.0 Å². The molecule has 0 saturated carbocycles. The summed E-state index contributed by atoms with van der Waals surface area (Å²) < 4.78 is 0. The van der Waals surface area contributed by atoms with Crippen LogP contribution in [0.2, 0.25) is 0 Å². The number of carbonyl (C=O) groups is 2. The lowest BCUT2D eigenvalue weighted by Crippen LogP contribution is -2.35. The van der Waals surface area contributed by atoms with Gasteiger partial charge >= 0.3 is 0 Å². The zero-order valence-electron chi connectivity index (χ0n) is 13.1. The molecule has 0 aliphatic rings. The van der Waals surface area contributed by atoms with Crippen LogP contribution in [0.3, 0.4) is 0 Å². The van der Waals surface area contributed by atoms with Crippen LogP contribution in [0.4, 0.5) is 5.69 Å². The van der Waals surface area contributed by atoms with E-state index in [4.69, 9.17) is 0 Å².